The van der Waals surface area contributed by atoms with E-state index in [4.69, 9.17) is 5.11 Å². The lowest BCUT2D eigenvalue weighted by Gasteiger charge is -2.18. The standard InChI is InChI=1S/C13H19FN2O2/c1-9(8-16(2)3)15-7-10-4-5-11(13(17)18)12(14)6-10/h4-6,9,15H,7-8H2,1-3H3,(H,17,18). The van der Waals surface area contributed by atoms with Gasteiger partial charge in [0.1, 0.15) is 5.82 Å². The van der Waals surface area contributed by atoms with Crippen LogP contribution in [-0.4, -0.2) is 42.7 Å². The number of carbonyl (C=O) groups is 1. The zero-order valence-electron chi connectivity index (χ0n) is 10.9. The fourth-order valence-corrected chi connectivity index (χ4v) is 1.75. The van der Waals surface area contributed by atoms with Gasteiger partial charge >= 0.3 is 5.97 Å². The van der Waals surface area contributed by atoms with Gasteiger partial charge in [-0.2, -0.15) is 0 Å². The second kappa shape index (κ2) is 6.47. The fraction of sp³-hybridized carbons (Fsp3) is 0.462. The van der Waals surface area contributed by atoms with Crippen LogP contribution in [0, 0.1) is 5.82 Å². The number of carboxylic acids is 1. The van der Waals surface area contributed by atoms with E-state index in [1.807, 2.05) is 21.0 Å². The Balaban J connectivity index is 2.58. The van der Waals surface area contributed by atoms with Crippen molar-refractivity contribution < 1.29 is 14.3 Å². The van der Waals surface area contributed by atoms with Gasteiger partial charge in [-0.15, -0.1) is 0 Å². The Labute approximate surface area is 106 Å². The summed E-state index contributed by atoms with van der Waals surface area (Å²) < 4.78 is 13.4. The highest BCUT2D eigenvalue weighted by Gasteiger charge is 2.10. The predicted molar refractivity (Wildman–Crippen MR) is 68.2 cm³/mol. The molecule has 1 aromatic rings. The van der Waals surface area contributed by atoms with Gasteiger partial charge in [-0.1, -0.05) is 6.07 Å². The van der Waals surface area contributed by atoms with E-state index in [0.29, 0.717) is 6.54 Å². The Hall–Kier alpha value is -1.46. The Morgan fingerprint density at radius 3 is 2.67 bits per heavy atom. The smallest absolute Gasteiger partial charge is 0.338 e. The first kappa shape index (κ1) is 14.6. The SMILES string of the molecule is CC(CN(C)C)NCc1ccc(C(=O)O)c(F)c1. The largest absolute Gasteiger partial charge is 0.478 e. The van der Waals surface area contributed by atoms with E-state index in [1.165, 1.54) is 12.1 Å². The molecule has 0 saturated heterocycles. The Morgan fingerprint density at radius 1 is 1.50 bits per heavy atom. The number of hydrogen-bond donors (Lipinski definition) is 2. The second-order valence-corrected chi connectivity index (χ2v) is 4.66. The molecule has 0 fully saturated rings. The van der Waals surface area contributed by atoms with Crippen molar-refractivity contribution in [2.45, 2.75) is 19.5 Å². The number of aromatic carboxylic acids is 1. The molecule has 0 spiro atoms. The van der Waals surface area contributed by atoms with Crippen LogP contribution in [-0.2, 0) is 6.54 Å². The molecule has 4 nitrogen and oxygen atoms in total. The monoisotopic (exact) mass is 254 g/mol. The molecule has 2 N–H and O–H groups in total. The Bertz CT molecular complexity index is 421. The molecule has 0 amide bonds. The van der Waals surface area contributed by atoms with E-state index in [0.717, 1.165) is 12.1 Å². The van der Waals surface area contributed by atoms with Crippen molar-refractivity contribution in [2.24, 2.45) is 0 Å². The van der Waals surface area contributed by atoms with E-state index in [9.17, 15) is 9.18 Å². The Kier molecular flexibility index (Phi) is 5.25. The van der Waals surface area contributed by atoms with Gasteiger partial charge in [-0.25, -0.2) is 9.18 Å². The lowest BCUT2D eigenvalue weighted by Crippen LogP contribution is -2.35. The van der Waals surface area contributed by atoms with Crippen molar-refractivity contribution in [3.05, 3.63) is 35.1 Å². The summed E-state index contributed by atoms with van der Waals surface area (Å²) in [5, 5.41) is 12.0. The van der Waals surface area contributed by atoms with E-state index < -0.39 is 11.8 Å². The number of carboxylic acid groups (broad SMARTS) is 1. The average molecular weight is 254 g/mol. The van der Waals surface area contributed by atoms with Crippen molar-refractivity contribution in [3.63, 3.8) is 0 Å². The lowest BCUT2D eigenvalue weighted by molar-refractivity contribution is 0.0692. The van der Waals surface area contributed by atoms with Crippen LogP contribution in [0.5, 0.6) is 0 Å². The van der Waals surface area contributed by atoms with Crippen molar-refractivity contribution in [3.8, 4) is 0 Å². The first-order chi connectivity index (χ1) is 8.40. The average Bonchev–Trinajstić information content (AvgIpc) is 2.25. The van der Waals surface area contributed by atoms with Crippen molar-refractivity contribution >= 4 is 5.97 Å². The summed E-state index contributed by atoms with van der Waals surface area (Å²) in [5.74, 6) is -1.94. The first-order valence-corrected chi connectivity index (χ1v) is 5.80. The van der Waals surface area contributed by atoms with Crippen LogP contribution in [0.2, 0.25) is 0 Å². The summed E-state index contributed by atoms with van der Waals surface area (Å²) in [5.41, 5.74) is 0.447. The number of nitrogens with zero attached hydrogens (tertiary/aromatic N) is 1. The van der Waals surface area contributed by atoms with Crippen LogP contribution in [0.4, 0.5) is 4.39 Å². The van der Waals surface area contributed by atoms with Crippen molar-refractivity contribution in [1.82, 2.24) is 10.2 Å². The van der Waals surface area contributed by atoms with Crippen LogP contribution in [0.15, 0.2) is 18.2 Å². The van der Waals surface area contributed by atoms with Crippen LogP contribution in [0.1, 0.15) is 22.8 Å². The van der Waals surface area contributed by atoms with Gasteiger partial charge in [0.2, 0.25) is 0 Å². The summed E-state index contributed by atoms with van der Waals surface area (Å²) >= 11 is 0. The summed E-state index contributed by atoms with van der Waals surface area (Å²) in [4.78, 5) is 12.7. The molecule has 0 aliphatic heterocycles. The minimum Gasteiger partial charge on any atom is -0.478 e. The maximum absolute atomic E-state index is 13.4. The molecule has 5 heteroatoms. The van der Waals surface area contributed by atoms with Gasteiger partial charge in [0.15, 0.2) is 0 Å². The molecule has 1 aromatic carbocycles. The van der Waals surface area contributed by atoms with E-state index >= 15 is 0 Å². The van der Waals surface area contributed by atoms with Gasteiger partial charge in [0.05, 0.1) is 5.56 Å². The summed E-state index contributed by atoms with van der Waals surface area (Å²) in [7, 11) is 3.97. The molecule has 0 heterocycles. The number of hydrogen-bond acceptors (Lipinski definition) is 3. The summed E-state index contributed by atoms with van der Waals surface area (Å²) in [6, 6.07) is 4.47. The lowest BCUT2D eigenvalue weighted by atomic mass is 10.1. The maximum atomic E-state index is 13.4. The highest BCUT2D eigenvalue weighted by Crippen LogP contribution is 2.10. The molecule has 0 aliphatic rings. The van der Waals surface area contributed by atoms with Gasteiger partial charge in [-0.3, -0.25) is 0 Å². The van der Waals surface area contributed by atoms with Crippen LogP contribution in [0.3, 0.4) is 0 Å². The molecule has 18 heavy (non-hydrogen) atoms. The van der Waals surface area contributed by atoms with Gasteiger partial charge in [-0.05, 0) is 38.7 Å². The minimum atomic E-state index is -1.24. The molecule has 1 atom stereocenters. The third-order valence-electron chi connectivity index (χ3n) is 2.56. The Morgan fingerprint density at radius 2 is 2.17 bits per heavy atom. The molecular formula is C13H19FN2O2. The minimum absolute atomic E-state index is 0.280. The molecule has 100 valence electrons. The summed E-state index contributed by atoms with van der Waals surface area (Å²) in [6.45, 7) is 3.45. The molecule has 1 rings (SSSR count). The molecule has 0 aromatic heterocycles. The fourth-order valence-electron chi connectivity index (χ4n) is 1.75. The molecule has 0 radical (unpaired) electrons. The maximum Gasteiger partial charge on any atom is 0.338 e. The quantitative estimate of drug-likeness (QED) is 0.809. The van der Waals surface area contributed by atoms with Crippen molar-refractivity contribution in [2.75, 3.05) is 20.6 Å². The van der Waals surface area contributed by atoms with E-state index in [-0.39, 0.29) is 11.6 Å². The summed E-state index contributed by atoms with van der Waals surface area (Å²) in [6.07, 6.45) is 0. The first-order valence-electron chi connectivity index (χ1n) is 5.80. The highest BCUT2D eigenvalue weighted by atomic mass is 19.1. The number of nitrogens with one attached hydrogen (secondary N) is 1. The molecule has 0 aliphatic carbocycles. The van der Waals surface area contributed by atoms with Gasteiger partial charge in [0, 0.05) is 19.1 Å². The van der Waals surface area contributed by atoms with Crippen molar-refractivity contribution in [1.29, 1.82) is 0 Å². The van der Waals surface area contributed by atoms with E-state index in [1.54, 1.807) is 6.07 Å². The zero-order valence-corrected chi connectivity index (χ0v) is 10.9. The van der Waals surface area contributed by atoms with Gasteiger partial charge < -0.3 is 15.3 Å². The van der Waals surface area contributed by atoms with Crippen LogP contribution < -0.4 is 5.32 Å². The van der Waals surface area contributed by atoms with E-state index in [2.05, 4.69) is 10.2 Å². The molecule has 0 saturated carbocycles. The van der Waals surface area contributed by atoms with Crippen LogP contribution in [0.25, 0.3) is 0 Å². The number of likely N-dealkylation sites (N-methyl/N-ethyl adjacent to an activating group) is 1. The topological polar surface area (TPSA) is 52.6 Å². The predicted octanol–water partition coefficient (Wildman–Crippen LogP) is 1.56. The highest BCUT2D eigenvalue weighted by molar-refractivity contribution is 5.87. The normalized spacial score (nSPS) is 12.7. The molecule has 0 bridgehead atoms. The third-order valence-corrected chi connectivity index (χ3v) is 2.56. The zero-order chi connectivity index (χ0) is 13.7. The number of halogens is 1. The third kappa shape index (κ3) is 4.43. The molecular weight excluding hydrogens is 235 g/mol. The van der Waals surface area contributed by atoms with Crippen LogP contribution >= 0.6 is 0 Å². The second-order valence-electron chi connectivity index (χ2n) is 4.66. The number of rotatable bonds is 6. The van der Waals surface area contributed by atoms with Gasteiger partial charge in [0.25, 0.3) is 0 Å². The number of benzene rings is 1. The molecule has 1 unspecified atom stereocenters.